The molecule has 0 aliphatic carbocycles. The van der Waals surface area contributed by atoms with Crippen LogP contribution in [0, 0.1) is 0 Å². The van der Waals surface area contributed by atoms with Crippen LogP contribution in [0.25, 0.3) is 0 Å². The fourth-order valence-corrected chi connectivity index (χ4v) is 1.66. The van der Waals surface area contributed by atoms with Crippen molar-refractivity contribution in [2.75, 3.05) is 18.6 Å². The second-order valence-corrected chi connectivity index (χ2v) is 4.02. The van der Waals surface area contributed by atoms with Crippen molar-refractivity contribution in [1.29, 1.82) is 0 Å². The fraction of sp³-hybridized carbons (Fsp3) is 0.286. The number of nitrogens with zero attached hydrogens (tertiary/aromatic N) is 3. The molecule has 0 saturated carbocycles. The molecule has 0 bridgehead atoms. The van der Waals surface area contributed by atoms with Gasteiger partial charge in [0.05, 0.1) is 13.2 Å². The van der Waals surface area contributed by atoms with Gasteiger partial charge >= 0.3 is 0 Å². The average Bonchev–Trinajstić information content (AvgIpc) is 2.98. The number of rotatable bonds is 8. The molecule has 0 unspecified atom stereocenters. The standard InChI is InChI=1S/C14H18N4O2/c1-3-7-20-13-6-5-12(8-14(13)19-4-2)9-17-18-10-15-16-11-18/h3,5-6,8,10-11,17H,1,4,7,9H2,2H3. The van der Waals surface area contributed by atoms with Gasteiger partial charge in [-0.05, 0) is 24.6 Å². The molecule has 1 aromatic carbocycles. The summed E-state index contributed by atoms with van der Waals surface area (Å²) in [6.07, 6.45) is 4.91. The molecule has 1 aromatic heterocycles. The predicted octanol–water partition coefficient (Wildman–Crippen LogP) is 1.99. The topological polar surface area (TPSA) is 61.2 Å². The highest BCUT2D eigenvalue weighted by molar-refractivity contribution is 5.43. The number of benzene rings is 1. The number of hydrogen-bond donors (Lipinski definition) is 1. The van der Waals surface area contributed by atoms with Crippen LogP contribution >= 0.6 is 0 Å². The second-order valence-electron chi connectivity index (χ2n) is 4.02. The molecule has 0 radical (unpaired) electrons. The average molecular weight is 274 g/mol. The van der Waals surface area contributed by atoms with Crippen LogP contribution in [0.15, 0.2) is 43.5 Å². The molecule has 1 heterocycles. The molecule has 0 aliphatic heterocycles. The smallest absolute Gasteiger partial charge is 0.161 e. The summed E-state index contributed by atoms with van der Waals surface area (Å²) < 4.78 is 12.8. The van der Waals surface area contributed by atoms with Crippen LogP contribution < -0.4 is 14.9 Å². The predicted molar refractivity (Wildman–Crippen MR) is 76.4 cm³/mol. The Bertz CT molecular complexity index is 540. The highest BCUT2D eigenvalue weighted by Crippen LogP contribution is 2.28. The minimum absolute atomic E-state index is 0.457. The lowest BCUT2D eigenvalue weighted by Gasteiger charge is -2.13. The van der Waals surface area contributed by atoms with Crippen LogP contribution in [0.3, 0.4) is 0 Å². The number of nitrogens with one attached hydrogen (secondary N) is 1. The van der Waals surface area contributed by atoms with Gasteiger partial charge in [-0.3, -0.25) is 0 Å². The lowest BCUT2D eigenvalue weighted by atomic mass is 10.2. The molecular formula is C14H18N4O2. The Kier molecular flexibility index (Phi) is 5.00. The van der Waals surface area contributed by atoms with E-state index in [1.807, 2.05) is 25.1 Å². The maximum atomic E-state index is 5.59. The molecule has 0 saturated heterocycles. The van der Waals surface area contributed by atoms with Crippen molar-refractivity contribution in [2.24, 2.45) is 0 Å². The van der Waals surface area contributed by atoms with Crippen molar-refractivity contribution in [1.82, 2.24) is 14.9 Å². The van der Waals surface area contributed by atoms with E-state index in [4.69, 9.17) is 9.47 Å². The van der Waals surface area contributed by atoms with Crippen LogP contribution in [0.5, 0.6) is 11.5 Å². The van der Waals surface area contributed by atoms with Gasteiger partial charge in [0.25, 0.3) is 0 Å². The number of aromatic nitrogens is 3. The third-order valence-corrected chi connectivity index (χ3v) is 2.55. The van der Waals surface area contributed by atoms with E-state index >= 15 is 0 Å². The molecular weight excluding hydrogens is 256 g/mol. The summed E-state index contributed by atoms with van der Waals surface area (Å²) in [4.78, 5) is 0. The van der Waals surface area contributed by atoms with E-state index in [2.05, 4.69) is 22.2 Å². The molecule has 6 heteroatoms. The van der Waals surface area contributed by atoms with Crippen molar-refractivity contribution in [2.45, 2.75) is 13.5 Å². The molecule has 1 N–H and O–H groups in total. The summed E-state index contributed by atoms with van der Waals surface area (Å²) in [6, 6.07) is 5.84. The van der Waals surface area contributed by atoms with Gasteiger partial charge in [-0.15, -0.1) is 10.2 Å². The third-order valence-electron chi connectivity index (χ3n) is 2.55. The monoisotopic (exact) mass is 274 g/mol. The van der Waals surface area contributed by atoms with E-state index in [-0.39, 0.29) is 0 Å². The Labute approximate surface area is 118 Å². The van der Waals surface area contributed by atoms with Crippen LogP contribution in [0.4, 0.5) is 0 Å². The quantitative estimate of drug-likeness (QED) is 0.746. The molecule has 0 amide bonds. The summed E-state index contributed by atoms with van der Waals surface area (Å²) >= 11 is 0. The largest absolute Gasteiger partial charge is 0.490 e. The van der Waals surface area contributed by atoms with Crippen molar-refractivity contribution >= 4 is 0 Å². The maximum absolute atomic E-state index is 5.59. The van der Waals surface area contributed by atoms with Gasteiger partial charge in [0.1, 0.15) is 19.3 Å². The first-order chi connectivity index (χ1) is 9.83. The van der Waals surface area contributed by atoms with Gasteiger partial charge in [-0.25, -0.2) is 4.68 Å². The van der Waals surface area contributed by atoms with Crippen LogP contribution in [-0.2, 0) is 6.54 Å². The molecule has 106 valence electrons. The molecule has 2 aromatic rings. The summed E-state index contributed by atoms with van der Waals surface area (Å²) in [5.41, 5.74) is 4.23. The molecule has 0 atom stereocenters. The summed E-state index contributed by atoms with van der Waals surface area (Å²) in [6.45, 7) is 7.27. The van der Waals surface area contributed by atoms with E-state index in [1.165, 1.54) is 0 Å². The van der Waals surface area contributed by atoms with Crippen molar-refractivity contribution in [3.63, 3.8) is 0 Å². The SMILES string of the molecule is C=CCOc1ccc(CNn2cnnc2)cc1OCC. The Morgan fingerprint density at radius 3 is 2.75 bits per heavy atom. The Balaban J connectivity index is 2.05. The molecule has 20 heavy (non-hydrogen) atoms. The molecule has 2 rings (SSSR count). The van der Waals surface area contributed by atoms with E-state index < -0.39 is 0 Å². The Hall–Kier alpha value is -2.50. The van der Waals surface area contributed by atoms with Gasteiger partial charge in [0, 0.05) is 0 Å². The third kappa shape index (κ3) is 3.74. The van der Waals surface area contributed by atoms with Crippen LogP contribution in [0.2, 0.25) is 0 Å². The summed E-state index contributed by atoms with van der Waals surface area (Å²) in [5.74, 6) is 1.46. The molecule has 0 spiro atoms. The molecule has 0 aliphatic rings. The molecule has 0 fully saturated rings. The number of hydrogen-bond acceptors (Lipinski definition) is 5. The first-order valence-electron chi connectivity index (χ1n) is 6.41. The van der Waals surface area contributed by atoms with Gasteiger partial charge < -0.3 is 14.9 Å². The second kappa shape index (κ2) is 7.18. The molecule has 6 nitrogen and oxygen atoms in total. The van der Waals surface area contributed by atoms with Crippen molar-refractivity contribution in [3.8, 4) is 11.5 Å². The van der Waals surface area contributed by atoms with Crippen LogP contribution in [-0.4, -0.2) is 28.1 Å². The lowest BCUT2D eigenvalue weighted by molar-refractivity contribution is 0.296. The highest BCUT2D eigenvalue weighted by atomic mass is 16.5. The van der Waals surface area contributed by atoms with Gasteiger partial charge in [0.15, 0.2) is 11.5 Å². The normalized spacial score (nSPS) is 10.1. The fourth-order valence-electron chi connectivity index (χ4n) is 1.66. The van der Waals surface area contributed by atoms with E-state index in [0.29, 0.717) is 19.8 Å². The van der Waals surface area contributed by atoms with Crippen molar-refractivity contribution < 1.29 is 9.47 Å². The zero-order chi connectivity index (χ0) is 14.2. The van der Waals surface area contributed by atoms with Crippen molar-refractivity contribution in [3.05, 3.63) is 49.1 Å². The zero-order valence-corrected chi connectivity index (χ0v) is 11.5. The summed E-state index contributed by atoms with van der Waals surface area (Å²) in [7, 11) is 0. The maximum Gasteiger partial charge on any atom is 0.161 e. The highest BCUT2D eigenvalue weighted by Gasteiger charge is 2.06. The minimum atomic E-state index is 0.457. The zero-order valence-electron chi connectivity index (χ0n) is 11.5. The lowest BCUT2D eigenvalue weighted by Crippen LogP contribution is -2.12. The first-order valence-corrected chi connectivity index (χ1v) is 6.41. The Morgan fingerprint density at radius 2 is 2.05 bits per heavy atom. The van der Waals surface area contributed by atoms with Gasteiger partial charge in [0.2, 0.25) is 0 Å². The Morgan fingerprint density at radius 1 is 1.25 bits per heavy atom. The van der Waals surface area contributed by atoms with Gasteiger partial charge in [-0.2, -0.15) is 0 Å². The van der Waals surface area contributed by atoms with E-state index in [1.54, 1.807) is 23.4 Å². The first kappa shape index (κ1) is 13.9. The van der Waals surface area contributed by atoms with E-state index in [0.717, 1.165) is 17.1 Å². The number of ether oxygens (including phenoxy) is 2. The van der Waals surface area contributed by atoms with Crippen LogP contribution in [0.1, 0.15) is 12.5 Å². The minimum Gasteiger partial charge on any atom is -0.490 e. The van der Waals surface area contributed by atoms with Gasteiger partial charge in [-0.1, -0.05) is 18.7 Å². The summed E-state index contributed by atoms with van der Waals surface area (Å²) in [5, 5.41) is 7.45. The van der Waals surface area contributed by atoms with E-state index in [9.17, 15) is 0 Å².